The summed E-state index contributed by atoms with van der Waals surface area (Å²) in [5.74, 6) is 0.961. The normalized spacial score (nSPS) is 20.6. The van der Waals surface area contributed by atoms with E-state index in [1.54, 1.807) is 11.8 Å². The first-order valence-corrected chi connectivity index (χ1v) is 7.80. The van der Waals surface area contributed by atoms with E-state index in [-0.39, 0.29) is 6.04 Å². The van der Waals surface area contributed by atoms with Crippen molar-refractivity contribution < 1.29 is 0 Å². The van der Waals surface area contributed by atoms with Crippen LogP contribution in [0.15, 0.2) is 34.2 Å². The van der Waals surface area contributed by atoms with Crippen molar-refractivity contribution in [1.29, 1.82) is 0 Å². The minimum atomic E-state index is 0.275. The van der Waals surface area contributed by atoms with Gasteiger partial charge in [-0.05, 0) is 25.5 Å². The monoisotopic (exact) mass is 266 g/mol. The fourth-order valence-corrected chi connectivity index (χ4v) is 3.85. The van der Waals surface area contributed by atoms with E-state index in [4.69, 9.17) is 10.7 Å². The molecule has 0 bridgehead atoms. The number of hydrogen-bond acceptors (Lipinski definition) is 4. The molecule has 0 amide bonds. The summed E-state index contributed by atoms with van der Waals surface area (Å²) in [4.78, 5) is 6.02. The number of hydrogen-bond donors (Lipinski definition) is 1. The van der Waals surface area contributed by atoms with Gasteiger partial charge in [-0.25, -0.2) is 4.99 Å². The van der Waals surface area contributed by atoms with E-state index in [9.17, 15) is 0 Å². The van der Waals surface area contributed by atoms with E-state index in [1.807, 2.05) is 17.8 Å². The molecule has 92 valence electrons. The van der Waals surface area contributed by atoms with Crippen molar-refractivity contribution >= 4 is 34.3 Å². The maximum atomic E-state index is 5.95. The molecule has 0 radical (unpaired) electrons. The maximum Gasteiger partial charge on any atom is 0.0870 e. The zero-order valence-corrected chi connectivity index (χ0v) is 11.9. The molecule has 0 aromatic heterocycles. The third kappa shape index (κ3) is 3.27. The number of nitrogens with zero attached hydrogens (tertiary/aromatic N) is 1. The van der Waals surface area contributed by atoms with Crippen LogP contribution in [0.1, 0.15) is 20.3 Å². The number of benzene rings is 1. The molecule has 2 unspecified atom stereocenters. The minimum absolute atomic E-state index is 0.275. The Morgan fingerprint density at radius 1 is 1.47 bits per heavy atom. The van der Waals surface area contributed by atoms with Crippen molar-refractivity contribution in [3.63, 3.8) is 0 Å². The van der Waals surface area contributed by atoms with Crippen LogP contribution in [0.2, 0.25) is 0 Å². The van der Waals surface area contributed by atoms with Crippen LogP contribution in [0.4, 0.5) is 5.69 Å². The highest BCUT2D eigenvalue weighted by atomic mass is 32.2. The van der Waals surface area contributed by atoms with Crippen molar-refractivity contribution in [2.24, 2.45) is 10.7 Å². The van der Waals surface area contributed by atoms with Crippen LogP contribution < -0.4 is 5.73 Å². The zero-order chi connectivity index (χ0) is 12.3. The molecule has 1 aromatic carbocycles. The molecule has 1 aliphatic heterocycles. The standard InChI is InChI=1S/C13H18N2S2/c1-3-10(14)8-16-13-9(2)17-12-7-5-4-6-11(12)15-13/h4-7,9-10H,3,8,14H2,1-2H3. The minimum Gasteiger partial charge on any atom is -0.327 e. The van der Waals surface area contributed by atoms with Crippen LogP contribution in [0.3, 0.4) is 0 Å². The first-order chi connectivity index (χ1) is 8.20. The molecule has 2 atom stereocenters. The average Bonchev–Trinajstić information content (AvgIpc) is 2.35. The molecular formula is C13H18N2S2. The SMILES string of the molecule is CCC(N)CSC1=Nc2ccccc2SC1C. The van der Waals surface area contributed by atoms with Gasteiger partial charge in [0.05, 0.1) is 16.0 Å². The fraction of sp³-hybridized carbons (Fsp3) is 0.462. The van der Waals surface area contributed by atoms with E-state index in [0.29, 0.717) is 5.25 Å². The smallest absolute Gasteiger partial charge is 0.0870 e. The highest BCUT2D eigenvalue weighted by Gasteiger charge is 2.20. The third-order valence-electron chi connectivity index (χ3n) is 2.72. The van der Waals surface area contributed by atoms with Gasteiger partial charge in [0.15, 0.2) is 0 Å². The Balaban J connectivity index is 2.10. The van der Waals surface area contributed by atoms with Gasteiger partial charge in [-0.3, -0.25) is 0 Å². The number of para-hydroxylation sites is 1. The van der Waals surface area contributed by atoms with Crippen LogP contribution in [0.5, 0.6) is 0 Å². The van der Waals surface area contributed by atoms with Crippen molar-refractivity contribution in [1.82, 2.24) is 0 Å². The van der Waals surface area contributed by atoms with Gasteiger partial charge >= 0.3 is 0 Å². The van der Waals surface area contributed by atoms with Crippen LogP contribution >= 0.6 is 23.5 Å². The molecule has 17 heavy (non-hydrogen) atoms. The molecular weight excluding hydrogens is 248 g/mol. The van der Waals surface area contributed by atoms with Crippen LogP contribution in [0.25, 0.3) is 0 Å². The topological polar surface area (TPSA) is 38.4 Å². The van der Waals surface area contributed by atoms with E-state index < -0.39 is 0 Å². The molecule has 0 spiro atoms. The molecule has 0 saturated heterocycles. The first-order valence-electron chi connectivity index (χ1n) is 5.93. The van der Waals surface area contributed by atoms with E-state index >= 15 is 0 Å². The van der Waals surface area contributed by atoms with Gasteiger partial charge in [-0.2, -0.15) is 0 Å². The van der Waals surface area contributed by atoms with E-state index in [1.165, 1.54) is 9.94 Å². The lowest BCUT2D eigenvalue weighted by molar-refractivity contribution is 0.726. The van der Waals surface area contributed by atoms with Gasteiger partial charge in [0.2, 0.25) is 0 Å². The van der Waals surface area contributed by atoms with E-state index in [2.05, 4.69) is 32.0 Å². The maximum absolute atomic E-state index is 5.95. The van der Waals surface area contributed by atoms with Gasteiger partial charge < -0.3 is 5.73 Å². The second-order valence-electron chi connectivity index (χ2n) is 4.16. The molecule has 0 aliphatic carbocycles. The summed E-state index contributed by atoms with van der Waals surface area (Å²) in [6, 6.07) is 8.60. The predicted octanol–water partition coefficient (Wildman–Crippen LogP) is 3.68. The molecule has 0 saturated carbocycles. The molecule has 1 aromatic rings. The van der Waals surface area contributed by atoms with Gasteiger partial charge in [-0.1, -0.05) is 19.1 Å². The Hall–Kier alpha value is -0.450. The highest BCUT2D eigenvalue weighted by molar-refractivity contribution is 8.16. The fourth-order valence-electron chi connectivity index (χ4n) is 1.56. The number of aliphatic imine (C=N–C) groups is 1. The highest BCUT2D eigenvalue weighted by Crippen LogP contribution is 2.39. The Morgan fingerprint density at radius 2 is 2.24 bits per heavy atom. The Morgan fingerprint density at radius 3 is 3.00 bits per heavy atom. The summed E-state index contributed by atoms with van der Waals surface area (Å²) in [7, 11) is 0. The predicted molar refractivity (Wildman–Crippen MR) is 79.6 cm³/mol. The van der Waals surface area contributed by atoms with Crippen molar-refractivity contribution in [3.05, 3.63) is 24.3 Å². The molecule has 2 N–H and O–H groups in total. The molecule has 2 rings (SSSR count). The van der Waals surface area contributed by atoms with Gasteiger partial charge in [0.25, 0.3) is 0 Å². The summed E-state index contributed by atoms with van der Waals surface area (Å²) in [5.41, 5.74) is 7.05. The second kappa shape index (κ2) is 5.94. The number of fused-ring (bicyclic) bond motifs is 1. The van der Waals surface area contributed by atoms with Gasteiger partial charge in [0.1, 0.15) is 0 Å². The lowest BCUT2D eigenvalue weighted by Crippen LogP contribution is -2.24. The Bertz CT molecular complexity index is 418. The van der Waals surface area contributed by atoms with Gasteiger partial charge in [0, 0.05) is 16.7 Å². The molecule has 1 heterocycles. The number of rotatable bonds is 3. The van der Waals surface area contributed by atoms with Crippen LogP contribution in [0, 0.1) is 0 Å². The molecule has 4 heteroatoms. The van der Waals surface area contributed by atoms with Gasteiger partial charge in [-0.15, -0.1) is 23.5 Å². The lowest BCUT2D eigenvalue weighted by atomic mass is 10.3. The Labute approximate surface area is 111 Å². The van der Waals surface area contributed by atoms with Crippen molar-refractivity contribution in [2.45, 2.75) is 36.5 Å². The summed E-state index contributed by atoms with van der Waals surface area (Å²) >= 11 is 3.69. The molecule has 1 aliphatic rings. The summed E-state index contributed by atoms with van der Waals surface area (Å²) in [5, 5.41) is 1.65. The number of nitrogens with two attached hydrogens (primary N) is 1. The lowest BCUT2D eigenvalue weighted by Gasteiger charge is -2.21. The summed E-state index contributed by atoms with van der Waals surface area (Å²) in [6.07, 6.45) is 1.03. The second-order valence-corrected chi connectivity index (χ2v) is 6.58. The van der Waals surface area contributed by atoms with Crippen LogP contribution in [-0.2, 0) is 0 Å². The van der Waals surface area contributed by atoms with Crippen LogP contribution in [-0.4, -0.2) is 22.1 Å². The Kier molecular flexibility index (Phi) is 4.54. The third-order valence-corrected chi connectivity index (χ3v) is 5.38. The molecule has 2 nitrogen and oxygen atoms in total. The number of thioether (sulfide) groups is 2. The summed E-state index contributed by atoms with van der Waals surface area (Å²) in [6.45, 7) is 4.34. The molecule has 0 fully saturated rings. The van der Waals surface area contributed by atoms with E-state index in [0.717, 1.165) is 17.9 Å². The largest absolute Gasteiger partial charge is 0.327 e. The van der Waals surface area contributed by atoms with Crippen molar-refractivity contribution in [3.8, 4) is 0 Å². The van der Waals surface area contributed by atoms with Crippen molar-refractivity contribution in [2.75, 3.05) is 5.75 Å². The first kappa shape index (κ1) is 13.0. The summed E-state index contributed by atoms with van der Waals surface area (Å²) < 4.78 is 0. The zero-order valence-electron chi connectivity index (χ0n) is 10.2. The average molecular weight is 266 g/mol. The quantitative estimate of drug-likeness (QED) is 0.907.